The van der Waals surface area contributed by atoms with Crippen LogP contribution < -0.4 is 20.9 Å². The summed E-state index contributed by atoms with van der Waals surface area (Å²) in [5, 5.41) is 10.1. The molecule has 8 nitrogen and oxygen atoms in total. The number of halogens is 1. The Bertz CT molecular complexity index is 967. The van der Waals surface area contributed by atoms with Crippen LogP contribution in [0.4, 0.5) is 27.0 Å². The molecule has 10 heteroatoms. The van der Waals surface area contributed by atoms with Gasteiger partial charge in [0.25, 0.3) is 0 Å². The van der Waals surface area contributed by atoms with E-state index >= 15 is 0 Å². The van der Waals surface area contributed by atoms with E-state index < -0.39 is 5.82 Å². The number of aromatic nitrogens is 4. The molecular weight excluding hydrogens is 391 g/mol. The third-order valence-corrected chi connectivity index (χ3v) is 5.84. The number of nitrogens with zero attached hydrogens (tertiary/aromatic N) is 5. The van der Waals surface area contributed by atoms with Crippen molar-refractivity contribution in [1.82, 2.24) is 25.3 Å². The van der Waals surface area contributed by atoms with Gasteiger partial charge < -0.3 is 20.9 Å². The summed E-state index contributed by atoms with van der Waals surface area (Å²) in [5.41, 5.74) is 2.03. The number of hydrogen-bond acceptors (Lipinski definition) is 9. The summed E-state index contributed by atoms with van der Waals surface area (Å²) in [6.45, 7) is 5.82. The highest BCUT2D eigenvalue weighted by atomic mass is 32.1. The van der Waals surface area contributed by atoms with Crippen molar-refractivity contribution in [2.45, 2.75) is 13.3 Å². The predicted octanol–water partition coefficient (Wildman–Crippen LogP) is 3.03. The van der Waals surface area contributed by atoms with Gasteiger partial charge in [0.05, 0.1) is 28.7 Å². The number of nitrogens with one attached hydrogen (secondary N) is 3. The fourth-order valence-corrected chi connectivity index (χ4v) is 4.09. The Kier molecular flexibility index (Phi) is 5.81. The Balaban J connectivity index is 1.53. The summed E-state index contributed by atoms with van der Waals surface area (Å²) in [6, 6.07) is 3.91. The van der Waals surface area contributed by atoms with Crippen LogP contribution >= 0.6 is 11.3 Å². The maximum Gasteiger partial charge on any atom is 0.229 e. The van der Waals surface area contributed by atoms with Gasteiger partial charge >= 0.3 is 0 Å². The van der Waals surface area contributed by atoms with E-state index in [-0.39, 0.29) is 5.69 Å². The molecule has 0 aromatic carbocycles. The molecule has 3 aromatic rings. The summed E-state index contributed by atoms with van der Waals surface area (Å²) in [6.07, 6.45) is 4.12. The first kappa shape index (κ1) is 19.5. The van der Waals surface area contributed by atoms with Crippen LogP contribution in [0.1, 0.15) is 12.1 Å². The molecule has 0 atom stereocenters. The van der Waals surface area contributed by atoms with E-state index in [1.165, 1.54) is 17.5 Å². The smallest absolute Gasteiger partial charge is 0.229 e. The Morgan fingerprint density at radius 3 is 2.79 bits per heavy atom. The molecule has 0 amide bonds. The zero-order valence-electron chi connectivity index (χ0n) is 16.4. The first-order valence-corrected chi connectivity index (χ1v) is 10.3. The number of rotatable bonds is 5. The molecule has 1 aliphatic heterocycles. The molecule has 0 aliphatic carbocycles. The molecule has 4 heterocycles. The number of aryl methyl sites for hydroxylation is 1. The highest BCUT2D eigenvalue weighted by molar-refractivity contribution is 7.19. The maximum absolute atomic E-state index is 14.4. The lowest BCUT2D eigenvalue weighted by atomic mass is 10.3. The molecule has 1 fully saturated rings. The minimum Gasteiger partial charge on any atom is -0.369 e. The average molecular weight is 415 g/mol. The second-order valence-electron chi connectivity index (χ2n) is 6.69. The zero-order chi connectivity index (χ0) is 20.2. The summed E-state index contributed by atoms with van der Waals surface area (Å²) in [7, 11) is 1.78. The van der Waals surface area contributed by atoms with Gasteiger partial charge in [-0.3, -0.25) is 0 Å². The Morgan fingerprint density at radius 2 is 2.03 bits per heavy atom. The van der Waals surface area contributed by atoms with Gasteiger partial charge in [-0.15, -0.1) is 0 Å². The maximum atomic E-state index is 14.4. The lowest BCUT2D eigenvalue weighted by Gasteiger charge is -2.21. The molecule has 0 radical (unpaired) electrons. The minimum absolute atomic E-state index is 0.229. The van der Waals surface area contributed by atoms with E-state index in [2.05, 4.69) is 40.8 Å². The van der Waals surface area contributed by atoms with Crippen LogP contribution in [0.25, 0.3) is 10.6 Å². The largest absolute Gasteiger partial charge is 0.369 e. The van der Waals surface area contributed by atoms with Crippen LogP contribution in [-0.4, -0.2) is 53.2 Å². The second kappa shape index (κ2) is 8.66. The van der Waals surface area contributed by atoms with Crippen molar-refractivity contribution in [3.8, 4) is 10.6 Å². The average Bonchev–Trinajstić information content (AvgIpc) is 2.92. The standard InChI is InChI=1S/C19H23FN8S/c1-12-17(29-19(21-2)25-12)16-14(20)11-24-18(27-16)26-15-5-4-13(10-23-15)28-8-3-6-22-7-9-28/h4-5,10-11,22H,3,6-9H2,1-2H3,(H,21,25)(H,23,24,26,27). The lowest BCUT2D eigenvalue weighted by Crippen LogP contribution is -2.27. The highest BCUT2D eigenvalue weighted by Crippen LogP contribution is 2.33. The first-order chi connectivity index (χ1) is 14.1. The quantitative estimate of drug-likeness (QED) is 0.587. The van der Waals surface area contributed by atoms with Crippen LogP contribution in [0.15, 0.2) is 24.5 Å². The van der Waals surface area contributed by atoms with E-state index in [4.69, 9.17) is 0 Å². The van der Waals surface area contributed by atoms with Crippen molar-refractivity contribution < 1.29 is 4.39 Å². The molecule has 0 spiro atoms. The van der Waals surface area contributed by atoms with E-state index in [1.807, 2.05) is 25.3 Å². The Hall–Kier alpha value is -2.85. The number of hydrogen-bond donors (Lipinski definition) is 3. The normalized spacial score (nSPS) is 14.5. The third-order valence-electron chi connectivity index (χ3n) is 4.66. The predicted molar refractivity (Wildman–Crippen MR) is 115 cm³/mol. The summed E-state index contributed by atoms with van der Waals surface area (Å²) >= 11 is 1.35. The van der Waals surface area contributed by atoms with Gasteiger partial charge in [0.2, 0.25) is 5.95 Å². The van der Waals surface area contributed by atoms with E-state index in [0.717, 1.165) is 44.0 Å². The molecule has 0 saturated carbocycles. The second-order valence-corrected chi connectivity index (χ2v) is 7.69. The lowest BCUT2D eigenvalue weighted by molar-refractivity contribution is 0.619. The monoisotopic (exact) mass is 414 g/mol. The zero-order valence-corrected chi connectivity index (χ0v) is 17.2. The van der Waals surface area contributed by atoms with Crippen LogP contribution in [0, 0.1) is 12.7 Å². The van der Waals surface area contributed by atoms with Crippen molar-refractivity contribution in [2.75, 3.05) is 48.8 Å². The van der Waals surface area contributed by atoms with E-state index in [9.17, 15) is 4.39 Å². The van der Waals surface area contributed by atoms with Crippen LogP contribution in [0.2, 0.25) is 0 Å². The number of anilines is 4. The minimum atomic E-state index is -0.483. The van der Waals surface area contributed by atoms with Crippen molar-refractivity contribution in [3.63, 3.8) is 0 Å². The molecule has 1 saturated heterocycles. The third kappa shape index (κ3) is 4.43. The van der Waals surface area contributed by atoms with E-state index in [0.29, 0.717) is 21.8 Å². The Labute approximate surface area is 172 Å². The molecular formula is C19H23FN8S. The molecule has 3 N–H and O–H groups in total. The molecule has 152 valence electrons. The van der Waals surface area contributed by atoms with Gasteiger partial charge in [-0.1, -0.05) is 11.3 Å². The van der Waals surface area contributed by atoms with Gasteiger partial charge in [-0.25, -0.2) is 24.3 Å². The molecule has 0 unspecified atom stereocenters. The summed E-state index contributed by atoms with van der Waals surface area (Å²) in [4.78, 5) is 20.2. The highest BCUT2D eigenvalue weighted by Gasteiger charge is 2.17. The van der Waals surface area contributed by atoms with Crippen molar-refractivity contribution in [2.24, 2.45) is 0 Å². The van der Waals surface area contributed by atoms with Gasteiger partial charge in [0, 0.05) is 26.7 Å². The molecule has 3 aromatic heterocycles. The SMILES string of the molecule is CNc1nc(C)c(-c2nc(Nc3ccc(N4CCCNCC4)cn3)ncc2F)s1. The topological polar surface area (TPSA) is 90.9 Å². The summed E-state index contributed by atoms with van der Waals surface area (Å²) < 4.78 is 14.4. The molecule has 4 rings (SSSR count). The fraction of sp³-hybridized carbons (Fsp3) is 0.368. The fourth-order valence-electron chi connectivity index (χ4n) is 3.18. The first-order valence-electron chi connectivity index (χ1n) is 9.51. The van der Waals surface area contributed by atoms with Gasteiger partial charge in [0.1, 0.15) is 11.5 Å². The molecule has 0 bridgehead atoms. The Morgan fingerprint density at radius 1 is 1.14 bits per heavy atom. The van der Waals surface area contributed by atoms with Crippen molar-refractivity contribution >= 4 is 33.9 Å². The molecule has 29 heavy (non-hydrogen) atoms. The van der Waals surface area contributed by atoms with E-state index in [1.54, 1.807) is 7.05 Å². The van der Waals surface area contributed by atoms with Gasteiger partial charge in [0.15, 0.2) is 10.9 Å². The number of pyridine rings is 1. The molecule has 1 aliphatic rings. The summed E-state index contributed by atoms with van der Waals surface area (Å²) in [5.74, 6) is 0.415. The van der Waals surface area contributed by atoms with Crippen LogP contribution in [0.5, 0.6) is 0 Å². The van der Waals surface area contributed by atoms with Crippen molar-refractivity contribution in [1.29, 1.82) is 0 Å². The van der Waals surface area contributed by atoms with Gasteiger partial charge in [-0.05, 0) is 32.0 Å². The van der Waals surface area contributed by atoms with Crippen LogP contribution in [-0.2, 0) is 0 Å². The van der Waals surface area contributed by atoms with Crippen LogP contribution in [0.3, 0.4) is 0 Å². The number of thiazole rings is 1. The van der Waals surface area contributed by atoms with Crippen molar-refractivity contribution in [3.05, 3.63) is 36.0 Å². The van der Waals surface area contributed by atoms with Gasteiger partial charge in [-0.2, -0.15) is 0 Å².